The predicted octanol–water partition coefficient (Wildman–Crippen LogP) is 2.46. The van der Waals surface area contributed by atoms with Crippen molar-refractivity contribution in [2.45, 2.75) is 6.04 Å². The number of nitrogens with two attached hydrogens (primary N) is 1. The van der Waals surface area contributed by atoms with Crippen molar-refractivity contribution in [3.8, 4) is 0 Å². The molecule has 1 unspecified atom stereocenters. The maximum atomic E-state index is 13.9. The molecule has 0 fully saturated rings. The summed E-state index contributed by atoms with van der Waals surface area (Å²) in [5.41, 5.74) is 4.94. The van der Waals surface area contributed by atoms with E-state index in [-0.39, 0.29) is 5.56 Å². The molecule has 0 saturated carbocycles. The van der Waals surface area contributed by atoms with Crippen LogP contribution in [0.1, 0.15) is 17.2 Å². The number of benzene rings is 2. The Kier molecular flexibility index (Phi) is 3.55. The van der Waals surface area contributed by atoms with E-state index in [9.17, 15) is 8.78 Å². The number of rotatable bonds is 3. The first-order valence-electron chi connectivity index (χ1n) is 6.31. The molecule has 6 heteroatoms. The van der Waals surface area contributed by atoms with Crippen LogP contribution in [0.4, 0.5) is 8.78 Å². The number of hydrogen-bond acceptors (Lipinski definition) is 4. The molecule has 0 aliphatic carbocycles. The summed E-state index contributed by atoms with van der Waals surface area (Å²) < 4.78 is 26.9. The fourth-order valence-corrected chi connectivity index (χ4v) is 2.26. The van der Waals surface area contributed by atoms with E-state index < -0.39 is 17.7 Å². The lowest BCUT2D eigenvalue weighted by atomic mass is 9.98. The fraction of sp³-hybridized carbons (Fsp3) is 0.0667. The van der Waals surface area contributed by atoms with Gasteiger partial charge in [-0.2, -0.15) is 0 Å². The van der Waals surface area contributed by atoms with Crippen LogP contribution in [0.3, 0.4) is 0 Å². The molecule has 21 heavy (non-hydrogen) atoms. The maximum absolute atomic E-state index is 13.9. The number of fused-ring (bicyclic) bond motifs is 1. The van der Waals surface area contributed by atoms with Crippen molar-refractivity contribution in [3.63, 3.8) is 0 Å². The minimum Gasteiger partial charge on any atom is -0.271 e. The first-order valence-corrected chi connectivity index (χ1v) is 6.31. The van der Waals surface area contributed by atoms with Gasteiger partial charge in [0, 0.05) is 24.0 Å². The second-order valence-electron chi connectivity index (χ2n) is 4.57. The number of hydrazine groups is 1. The number of nitrogens with zero attached hydrogens (tertiary/aromatic N) is 2. The summed E-state index contributed by atoms with van der Waals surface area (Å²) in [5.74, 6) is 4.26. The number of hydrogen-bond donors (Lipinski definition) is 2. The van der Waals surface area contributed by atoms with Crippen LogP contribution in [0.2, 0.25) is 0 Å². The zero-order chi connectivity index (χ0) is 14.8. The van der Waals surface area contributed by atoms with Crippen molar-refractivity contribution in [1.29, 1.82) is 0 Å². The van der Waals surface area contributed by atoms with Crippen LogP contribution in [0.25, 0.3) is 11.0 Å². The molecule has 3 aromatic rings. The van der Waals surface area contributed by atoms with E-state index in [4.69, 9.17) is 5.84 Å². The molecule has 0 aliphatic heterocycles. The van der Waals surface area contributed by atoms with Gasteiger partial charge in [-0.05, 0) is 23.8 Å². The average molecular weight is 286 g/mol. The topological polar surface area (TPSA) is 63.8 Å². The number of halogens is 2. The minimum absolute atomic E-state index is 0.266. The van der Waals surface area contributed by atoms with Crippen molar-refractivity contribution >= 4 is 11.0 Å². The Morgan fingerprint density at radius 2 is 1.71 bits per heavy atom. The summed E-state index contributed by atoms with van der Waals surface area (Å²) in [7, 11) is 0. The lowest BCUT2D eigenvalue weighted by Crippen LogP contribution is -2.29. The molecule has 3 rings (SSSR count). The van der Waals surface area contributed by atoms with Crippen LogP contribution in [0, 0.1) is 11.6 Å². The van der Waals surface area contributed by atoms with Gasteiger partial charge in [0.25, 0.3) is 0 Å². The highest BCUT2D eigenvalue weighted by Gasteiger charge is 2.17. The zero-order valence-electron chi connectivity index (χ0n) is 10.9. The van der Waals surface area contributed by atoms with Crippen molar-refractivity contribution in [2.24, 2.45) is 5.84 Å². The van der Waals surface area contributed by atoms with Crippen LogP contribution in [-0.2, 0) is 0 Å². The lowest BCUT2D eigenvalue weighted by molar-refractivity contribution is 0.541. The van der Waals surface area contributed by atoms with Gasteiger partial charge in [-0.25, -0.2) is 14.2 Å². The molecular weight excluding hydrogens is 274 g/mol. The zero-order valence-corrected chi connectivity index (χ0v) is 10.9. The Labute approximate surface area is 119 Å². The highest BCUT2D eigenvalue weighted by Crippen LogP contribution is 2.26. The number of nitrogens with one attached hydrogen (secondary N) is 1. The second-order valence-corrected chi connectivity index (χ2v) is 4.57. The van der Waals surface area contributed by atoms with E-state index in [0.29, 0.717) is 5.52 Å². The van der Waals surface area contributed by atoms with Crippen molar-refractivity contribution in [2.75, 3.05) is 0 Å². The van der Waals surface area contributed by atoms with E-state index >= 15 is 0 Å². The van der Waals surface area contributed by atoms with Gasteiger partial charge in [-0.3, -0.25) is 15.8 Å². The summed E-state index contributed by atoms with van der Waals surface area (Å²) >= 11 is 0. The normalized spacial score (nSPS) is 12.5. The highest BCUT2D eigenvalue weighted by atomic mass is 19.1. The summed E-state index contributed by atoms with van der Waals surface area (Å²) in [6.45, 7) is 0. The maximum Gasteiger partial charge on any atom is 0.131 e. The van der Waals surface area contributed by atoms with Gasteiger partial charge < -0.3 is 0 Å². The lowest BCUT2D eigenvalue weighted by Gasteiger charge is -2.18. The summed E-state index contributed by atoms with van der Waals surface area (Å²) in [6.07, 6.45) is 3.18. The van der Waals surface area contributed by atoms with Gasteiger partial charge in [-0.15, -0.1) is 0 Å². The molecule has 0 aliphatic rings. The van der Waals surface area contributed by atoms with Crippen LogP contribution in [-0.4, -0.2) is 9.97 Å². The van der Waals surface area contributed by atoms with Crippen LogP contribution < -0.4 is 11.3 Å². The molecule has 106 valence electrons. The predicted molar refractivity (Wildman–Crippen MR) is 75.1 cm³/mol. The molecule has 0 bridgehead atoms. The summed E-state index contributed by atoms with van der Waals surface area (Å²) in [6, 6.07) is 8.14. The Balaban J connectivity index is 2.09. The molecule has 0 radical (unpaired) electrons. The van der Waals surface area contributed by atoms with Gasteiger partial charge in [0.2, 0.25) is 0 Å². The molecule has 1 atom stereocenters. The van der Waals surface area contributed by atoms with Gasteiger partial charge in [-0.1, -0.05) is 12.1 Å². The monoisotopic (exact) mass is 286 g/mol. The summed E-state index contributed by atoms with van der Waals surface area (Å²) in [4.78, 5) is 8.38. The van der Waals surface area contributed by atoms with Gasteiger partial charge in [0.15, 0.2) is 0 Å². The Morgan fingerprint density at radius 1 is 0.952 bits per heavy atom. The Hall–Kier alpha value is -2.44. The second kappa shape index (κ2) is 5.51. The Morgan fingerprint density at radius 3 is 2.43 bits per heavy atom. The quantitative estimate of drug-likeness (QED) is 0.573. The summed E-state index contributed by atoms with van der Waals surface area (Å²) in [5, 5.41) is 0. The van der Waals surface area contributed by atoms with Crippen LogP contribution in [0.15, 0.2) is 48.8 Å². The molecule has 0 amide bonds. The standard InChI is InChI=1S/C15H12F2N4/c16-10-2-3-11(12(17)8-10)15(21-18)9-1-4-13-14(7-9)20-6-5-19-13/h1-8,15,21H,18H2. The largest absolute Gasteiger partial charge is 0.271 e. The molecule has 0 saturated heterocycles. The van der Waals surface area contributed by atoms with E-state index in [1.54, 1.807) is 30.6 Å². The van der Waals surface area contributed by atoms with Gasteiger partial charge in [0.05, 0.1) is 17.1 Å². The van der Waals surface area contributed by atoms with Crippen LogP contribution >= 0.6 is 0 Å². The molecule has 4 nitrogen and oxygen atoms in total. The third kappa shape index (κ3) is 2.58. The fourth-order valence-electron chi connectivity index (χ4n) is 2.26. The molecule has 2 aromatic carbocycles. The van der Waals surface area contributed by atoms with Gasteiger partial charge in [0.1, 0.15) is 11.6 Å². The molecule has 0 spiro atoms. The van der Waals surface area contributed by atoms with Crippen LogP contribution in [0.5, 0.6) is 0 Å². The highest BCUT2D eigenvalue weighted by molar-refractivity contribution is 5.74. The van der Waals surface area contributed by atoms with E-state index in [0.717, 1.165) is 17.1 Å². The van der Waals surface area contributed by atoms with E-state index in [1.165, 1.54) is 12.1 Å². The van der Waals surface area contributed by atoms with Crippen molar-refractivity contribution in [3.05, 3.63) is 71.6 Å². The Bertz CT molecular complexity index is 791. The molecule has 1 heterocycles. The van der Waals surface area contributed by atoms with Gasteiger partial charge >= 0.3 is 0 Å². The van der Waals surface area contributed by atoms with E-state index in [2.05, 4.69) is 15.4 Å². The third-order valence-corrected chi connectivity index (χ3v) is 3.27. The first-order chi connectivity index (χ1) is 10.2. The molecular formula is C15H12F2N4. The first kappa shape index (κ1) is 13.5. The molecule has 1 aromatic heterocycles. The van der Waals surface area contributed by atoms with Crippen molar-refractivity contribution in [1.82, 2.24) is 15.4 Å². The van der Waals surface area contributed by atoms with Crippen molar-refractivity contribution < 1.29 is 8.78 Å². The third-order valence-electron chi connectivity index (χ3n) is 3.27. The van der Waals surface area contributed by atoms with E-state index in [1.807, 2.05) is 0 Å². The molecule has 3 N–H and O–H groups in total. The minimum atomic E-state index is -0.655. The average Bonchev–Trinajstić information content (AvgIpc) is 2.50. The number of aromatic nitrogens is 2. The smallest absolute Gasteiger partial charge is 0.131 e. The SMILES string of the molecule is NNC(c1ccc2nccnc2c1)c1ccc(F)cc1F.